The highest BCUT2D eigenvalue weighted by Gasteiger charge is 2.33. The fraction of sp³-hybridized carbons (Fsp3) is 0.400. The summed E-state index contributed by atoms with van der Waals surface area (Å²) in [7, 11) is 0. The largest absolute Gasteiger partial charge is 0.362 e. The van der Waals surface area contributed by atoms with Crippen molar-refractivity contribution in [2.45, 2.75) is 44.4 Å². The van der Waals surface area contributed by atoms with Crippen molar-refractivity contribution in [2.24, 2.45) is 0 Å². The average molecular weight is 497 g/mol. The maximum absolute atomic E-state index is 5.55. The normalized spacial score (nSPS) is 16.1. The minimum atomic E-state index is 0.158. The molecule has 1 fully saturated rings. The minimum Gasteiger partial charge on any atom is -0.362 e. The van der Waals surface area contributed by atoms with E-state index in [2.05, 4.69) is 77.8 Å². The molecule has 2 aromatic rings. The zero-order chi connectivity index (χ0) is 18.6. The molecule has 0 aliphatic heterocycles. The van der Waals surface area contributed by atoms with E-state index in [0.29, 0.717) is 5.11 Å². The molecule has 1 aliphatic rings. The molecule has 1 aromatic carbocycles. The third-order valence-corrected chi connectivity index (χ3v) is 7.23. The standard InChI is InChI=1S/C20H23Br2N3S/c1-14-16(21)12-23-18(17(14)22)25-19(26)24-13-20(10-6-3-7-11-20)15-8-4-2-5-9-15/h2,4-5,8-9,12H,3,6-7,10-11,13H2,1H3,(H2,23,24,25,26). The van der Waals surface area contributed by atoms with Gasteiger partial charge in [0.25, 0.3) is 0 Å². The summed E-state index contributed by atoms with van der Waals surface area (Å²) in [4.78, 5) is 4.42. The number of hydrogen-bond donors (Lipinski definition) is 2. The van der Waals surface area contributed by atoms with Gasteiger partial charge in [0.05, 0.1) is 4.47 Å². The predicted octanol–water partition coefficient (Wildman–Crippen LogP) is 6.10. The summed E-state index contributed by atoms with van der Waals surface area (Å²) < 4.78 is 1.89. The quantitative estimate of drug-likeness (QED) is 0.501. The number of hydrogen-bond acceptors (Lipinski definition) is 2. The molecule has 0 spiro atoms. The predicted molar refractivity (Wildman–Crippen MR) is 120 cm³/mol. The van der Waals surface area contributed by atoms with Crippen molar-refractivity contribution in [2.75, 3.05) is 11.9 Å². The number of rotatable bonds is 4. The molecule has 0 unspecified atom stereocenters. The lowest BCUT2D eigenvalue weighted by Crippen LogP contribution is -2.43. The van der Waals surface area contributed by atoms with Crippen molar-refractivity contribution in [3.8, 4) is 0 Å². The molecular weight excluding hydrogens is 474 g/mol. The fourth-order valence-corrected chi connectivity index (χ4v) is 4.78. The smallest absolute Gasteiger partial charge is 0.172 e. The number of pyridine rings is 1. The Morgan fingerprint density at radius 2 is 1.85 bits per heavy atom. The van der Waals surface area contributed by atoms with Crippen LogP contribution in [0, 0.1) is 6.92 Å². The van der Waals surface area contributed by atoms with E-state index in [1.54, 1.807) is 6.20 Å². The SMILES string of the molecule is Cc1c(Br)cnc(NC(=S)NCC2(c3ccccc3)CCCCC2)c1Br. The molecule has 2 N–H and O–H groups in total. The van der Waals surface area contributed by atoms with Gasteiger partial charge in [0.1, 0.15) is 5.82 Å². The highest BCUT2D eigenvalue weighted by atomic mass is 79.9. The summed E-state index contributed by atoms with van der Waals surface area (Å²) in [6, 6.07) is 10.8. The van der Waals surface area contributed by atoms with Crippen molar-refractivity contribution in [1.29, 1.82) is 0 Å². The minimum absolute atomic E-state index is 0.158. The summed E-state index contributed by atoms with van der Waals surface area (Å²) in [6.07, 6.45) is 8.06. The van der Waals surface area contributed by atoms with Gasteiger partial charge >= 0.3 is 0 Å². The fourth-order valence-electron chi connectivity index (χ4n) is 3.63. The molecule has 3 nitrogen and oxygen atoms in total. The van der Waals surface area contributed by atoms with E-state index in [1.165, 1.54) is 37.7 Å². The molecule has 1 saturated carbocycles. The maximum atomic E-state index is 5.55. The van der Waals surface area contributed by atoms with Gasteiger partial charge in [-0.1, -0.05) is 49.6 Å². The summed E-state index contributed by atoms with van der Waals surface area (Å²) >= 11 is 12.6. The van der Waals surface area contributed by atoms with Crippen LogP contribution >= 0.6 is 44.1 Å². The molecule has 138 valence electrons. The van der Waals surface area contributed by atoms with Crippen LogP contribution in [-0.2, 0) is 5.41 Å². The zero-order valence-corrected chi connectivity index (χ0v) is 18.8. The zero-order valence-electron chi connectivity index (χ0n) is 14.8. The van der Waals surface area contributed by atoms with Crippen molar-refractivity contribution in [1.82, 2.24) is 10.3 Å². The Bertz CT molecular complexity index is 774. The molecule has 26 heavy (non-hydrogen) atoms. The highest BCUT2D eigenvalue weighted by molar-refractivity contribution is 9.11. The van der Waals surface area contributed by atoms with Gasteiger partial charge in [0.15, 0.2) is 5.11 Å². The van der Waals surface area contributed by atoms with Crippen LogP contribution < -0.4 is 10.6 Å². The molecule has 0 saturated heterocycles. The van der Waals surface area contributed by atoms with Gasteiger partial charge in [-0.05, 0) is 75.0 Å². The topological polar surface area (TPSA) is 37.0 Å². The number of thiocarbonyl (C=S) groups is 1. The third-order valence-electron chi connectivity index (χ3n) is 5.22. The number of nitrogens with zero attached hydrogens (tertiary/aromatic N) is 1. The summed E-state index contributed by atoms with van der Waals surface area (Å²) in [5, 5.41) is 7.29. The molecule has 1 heterocycles. The van der Waals surface area contributed by atoms with E-state index in [1.807, 2.05) is 6.92 Å². The first-order chi connectivity index (χ1) is 12.5. The Morgan fingerprint density at radius 1 is 1.15 bits per heavy atom. The molecule has 0 radical (unpaired) electrons. The first kappa shape index (κ1) is 19.8. The van der Waals surface area contributed by atoms with Crippen LogP contribution in [0.5, 0.6) is 0 Å². The van der Waals surface area contributed by atoms with Crippen LogP contribution in [0.3, 0.4) is 0 Å². The second-order valence-corrected chi connectivity index (χ2v) is 8.96. The third kappa shape index (κ3) is 4.46. The molecular formula is C20H23Br2N3S. The highest BCUT2D eigenvalue weighted by Crippen LogP contribution is 2.39. The van der Waals surface area contributed by atoms with E-state index in [0.717, 1.165) is 26.9 Å². The van der Waals surface area contributed by atoms with E-state index < -0.39 is 0 Å². The van der Waals surface area contributed by atoms with E-state index >= 15 is 0 Å². The van der Waals surface area contributed by atoms with Crippen molar-refractivity contribution in [3.05, 3.63) is 56.6 Å². The first-order valence-electron chi connectivity index (χ1n) is 8.93. The number of halogens is 2. The van der Waals surface area contributed by atoms with Gasteiger partial charge in [0.2, 0.25) is 0 Å². The van der Waals surface area contributed by atoms with Gasteiger partial charge in [-0.2, -0.15) is 0 Å². The Morgan fingerprint density at radius 3 is 2.54 bits per heavy atom. The Hall–Kier alpha value is -0.980. The van der Waals surface area contributed by atoms with Gasteiger partial charge in [-0.25, -0.2) is 4.98 Å². The average Bonchev–Trinajstić information content (AvgIpc) is 2.68. The Labute approximate surface area is 177 Å². The lowest BCUT2D eigenvalue weighted by molar-refractivity contribution is 0.292. The molecule has 0 bridgehead atoms. The number of aromatic nitrogens is 1. The molecule has 0 atom stereocenters. The molecule has 6 heteroatoms. The second-order valence-electron chi connectivity index (χ2n) is 6.91. The van der Waals surface area contributed by atoms with Crippen molar-refractivity contribution >= 4 is 55.0 Å². The maximum Gasteiger partial charge on any atom is 0.172 e. The van der Waals surface area contributed by atoms with E-state index in [4.69, 9.17) is 12.2 Å². The van der Waals surface area contributed by atoms with Crippen LogP contribution in [-0.4, -0.2) is 16.6 Å². The van der Waals surface area contributed by atoms with E-state index in [9.17, 15) is 0 Å². The molecule has 0 amide bonds. The monoisotopic (exact) mass is 495 g/mol. The molecule has 3 rings (SSSR count). The second kappa shape index (κ2) is 8.81. The van der Waals surface area contributed by atoms with Gasteiger partial charge in [0, 0.05) is 22.6 Å². The van der Waals surface area contributed by atoms with Gasteiger partial charge in [-0.15, -0.1) is 0 Å². The van der Waals surface area contributed by atoms with Crippen LogP contribution in [0.2, 0.25) is 0 Å². The van der Waals surface area contributed by atoms with Crippen LogP contribution in [0.15, 0.2) is 45.5 Å². The molecule has 1 aliphatic carbocycles. The van der Waals surface area contributed by atoms with Gasteiger partial charge < -0.3 is 10.6 Å². The van der Waals surface area contributed by atoms with Crippen molar-refractivity contribution in [3.63, 3.8) is 0 Å². The van der Waals surface area contributed by atoms with Crippen LogP contribution in [0.4, 0.5) is 5.82 Å². The van der Waals surface area contributed by atoms with Gasteiger partial charge in [-0.3, -0.25) is 0 Å². The van der Waals surface area contributed by atoms with E-state index in [-0.39, 0.29) is 5.41 Å². The summed E-state index contributed by atoms with van der Waals surface area (Å²) in [5.74, 6) is 0.737. The Kier molecular flexibility index (Phi) is 6.70. The number of benzene rings is 1. The number of anilines is 1. The number of nitrogens with one attached hydrogen (secondary N) is 2. The molecule has 1 aromatic heterocycles. The van der Waals surface area contributed by atoms with Crippen LogP contribution in [0.1, 0.15) is 43.2 Å². The van der Waals surface area contributed by atoms with Crippen LogP contribution in [0.25, 0.3) is 0 Å². The lowest BCUT2D eigenvalue weighted by atomic mass is 9.69. The van der Waals surface area contributed by atoms with Crippen molar-refractivity contribution < 1.29 is 0 Å². The summed E-state index contributed by atoms with van der Waals surface area (Å²) in [6.45, 7) is 2.87. The first-order valence-corrected chi connectivity index (χ1v) is 10.9. The lowest BCUT2D eigenvalue weighted by Gasteiger charge is -2.38. The Balaban J connectivity index is 1.70. The summed E-state index contributed by atoms with van der Waals surface area (Å²) in [5.41, 5.74) is 2.66.